The summed E-state index contributed by atoms with van der Waals surface area (Å²) in [5.74, 6) is -0.708. The van der Waals surface area contributed by atoms with Crippen LogP contribution in [0, 0.1) is 5.82 Å². The Morgan fingerprint density at radius 3 is 3.00 bits per heavy atom. The van der Waals surface area contributed by atoms with E-state index in [1.807, 2.05) is 0 Å². The van der Waals surface area contributed by atoms with Crippen molar-refractivity contribution in [2.45, 2.75) is 24.8 Å². The molecule has 3 aromatic rings. The van der Waals surface area contributed by atoms with Gasteiger partial charge in [0.25, 0.3) is 5.91 Å². The van der Waals surface area contributed by atoms with E-state index >= 15 is 0 Å². The van der Waals surface area contributed by atoms with Crippen molar-refractivity contribution in [3.8, 4) is 0 Å². The van der Waals surface area contributed by atoms with Crippen LogP contribution in [0.4, 0.5) is 10.2 Å². The van der Waals surface area contributed by atoms with Gasteiger partial charge in [-0.3, -0.25) is 9.89 Å². The van der Waals surface area contributed by atoms with Crippen molar-refractivity contribution in [3.05, 3.63) is 46.6 Å². The van der Waals surface area contributed by atoms with Crippen LogP contribution in [0.2, 0.25) is 5.02 Å². The van der Waals surface area contributed by atoms with Crippen LogP contribution in [0.3, 0.4) is 0 Å². The number of aromatic nitrogens is 4. The highest BCUT2D eigenvalue weighted by Gasteiger charge is 2.32. The average Bonchev–Trinajstić information content (AvgIpc) is 3.18. The molecule has 3 atom stereocenters. The number of benzene rings is 1. The van der Waals surface area contributed by atoms with Gasteiger partial charge in [0.05, 0.1) is 24.6 Å². The molecule has 0 saturated carbocycles. The van der Waals surface area contributed by atoms with Crippen LogP contribution in [-0.2, 0) is 11.3 Å². The number of amides is 1. The lowest BCUT2D eigenvalue weighted by atomic mass is 10.0. The molecule has 1 saturated heterocycles. The number of rotatable bonds is 5. The fraction of sp³-hybridized carbons (Fsp3) is 0.368. The molecule has 0 bridgehead atoms. The number of ether oxygens (including phenoxy) is 1. The van der Waals surface area contributed by atoms with Gasteiger partial charge in [0, 0.05) is 24.2 Å². The first-order valence-electron chi connectivity index (χ1n) is 9.44. The third-order valence-electron chi connectivity index (χ3n) is 5.04. The van der Waals surface area contributed by atoms with Crippen LogP contribution in [0.5, 0.6) is 0 Å². The number of aromatic amines is 1. The van der Waals surface area contributed by atoms with Crippen LogP contribution >= 0.6 is 11.6 Å². The van der Waals surface area contributed by atoms with Gasteiger partial charge in [0.1, 0.15) is 35.9 Å². The number of carbonyl (C=O) groups is 1. The standard InChI is InChI=1S/C19H20ClFN6O4/c1-27(5-9-4-10(20)2-3-11(9)21)19(30)15-14-17(22-8-23-18(14)26-25-15)24-12-6-31-7-13(28)16(12)29/h2-4,8,12-13,16,28-29H,5-7H2,1H3,(H2,22,23,24,25,26)/t12-,13-,16+/m1/s1. The molecule has 1 aliphatic rings. The first-order valence-corrected chi connectivity index (χ1v) is 9.82. The summed E-state index contributed by atoms with van der Waals surface area (Å²) in [6.07, 6.45) is -0.872. The van der Waals surface area contributed by atoms with Gasteiger partial charge in [0.15, 0.2) is 5.65 Å². The highest BCUT2D eigenvalue weighted by Crippen LogP contribution is 2.25. The number of hydrogen-bond acceptors (Lipinski definition) is 8. The summed E-state index contributed by atoms with van der Waals surface area (Å²) in [5, 5.41) is 30.4. The summed E-state index contributed by atoms with van der Waals surface area (Å²) in [6, 6.07) is 3.47. The topological polar surface area (TPSA) is 136 Å². The summed E-state index contributed by atoms with van der Waals surface area (Å²) in [6.45, 7) is 0.140. The Hall–Kier alpha value is -2.86. The number of aliphatic hydroxyl groups excluding tert-OH is 2. The van der Waals surface area contributed by atoms with E-state index < -0.39 is 30.0 Å². The summed E-state index contributed by atoms with van der Waals surface area (Å²) in [4.78, 5) is 22.6. The van der Waals surface area contributed by atoms with E-state index in [1.165, 1.54) is 36.5 Å². The Balaban J connectivity index is 1.62. The quantitative estimate of drug-likeness (QED) is 0.451. The largest absolute Gasteiger partial charge is 0.388 e. The lowest BCUT2D eigenvalue weighted by Crippen LogP contribution is -2.51. The maximum absolute atomic E-state index is 14.1. The molecule has 4 rings (SSSR count). The SMILES string of the molecule is CN(Cc1cc(Cl)ccc1F)C(=O)c1[nH]nc2ncnc(N[C@@H]3COC[C@@H](O)[C@H]3O)c12. The lowest BCUT2D eigenvalue weighted by Gasteiger charge is -2.32. The van der Waals surface area contributed by atoms with Crippen molar-refractivity contribution in [2.75, 3.05) is 25.6 Å². The minimum Gasteiger partial charge on any atom is -0.388 e. The minimum atomic E-state index is -1.08. The molecule has 4 N–H and O–H groups in total. The van der Waals surface area contributed by atoms with Crippen molar-refractivity contribution < 1.29 is 24.1 Å². The number of hydrogen-bond donors (Lipinski definition) is 4. The Labute approximate surface area is 181 Å². The lowest BCUT2D eigenvalue weighted by molar-refractivity contribution is -0.0923. The van der Waals surface area contributed by atoms with Crippen molar-refractivity contribution in [2.24, 2.45) is 0 Å². The summed E-state index contributed by atoms with van der Waals surface area (Å²) >= 11 is 5.93. The van der Waals surface area contributed by atoms with E-state index in [9.17, 15) is 19.4 Å². The van der Waals surface area contributed by atoms with Gasteiger partial charge in [-0.05, 0) is 18.2 Å². The number of nitrogens with zero attached hydrogens (tertiary/aromatic N) is 4. The molecule has 1 fully saturated rings. The van der Waals surface area contributed by atoms with E-state index in [4.69, 9.17) is 16.3 Å². The minimum absolute atomic E-state index is 0.0242. The van der Waals surface area contributed by atoms with Gasteiger partial charge in [-0.15, -0.1) is 0 Å². The average molecular weight is 451 g/mol. The van der Waals surface area contributed by atoms with E-state index in [-0.39, 0.29) is 42.5 Å². The van der Waals surface area contributed by atoms with Crippen molar-refractivity contribution in [1.82, 2.24) is 25.1 Å². The summed E-state index contributed by atoms with van der Waals surface area (Å²) in [5.41, 5.74) is 0.586. The molecule has 1 amide bonds. The second kappa shape index (κ2) is 8.71. The maximum Gasteiger partial charge on any atom is 0.272 e. The van der Waals surface area contributed by atoms with Gasteiger partial charge in [0.2, 0.25) is 0 Å². The van der Waals surface area contributed by atoms with Crippen LogP contribution in [-0.4, -0.2) is 79.7 Å². The Morgan fingerprint density at radius 2 is 2.19 bits per heavy atom. The highest BCUT2D eigenvalue weighted by molar-refractivity contribution is 6.30. The van der Waals surface area contributed by atoms with Gasteiger partial charge in [-0.1, -0.05) is 11.6 Å². The van der Waals surface area contributed by atoms with E-state index in [2.05, 4.69) is 25.5 Å². The van der Waals surface area contributed by atoms with Crippen LogP contribution in [0.1, 0.15) is 16.1 Å². The predicted molar refractivity (Wildman–Crippen MR) is 109 cm³/mol. The molecule has 0 spiro atoms. The molecule has 0 unspecified atom stereocenters. The number of H-pyrrole nitrogens is 1. The van der Waals surface area contributed by atoms with Crippen molar-refractivity contribution in [1.29, 1.82) is 0 Å². The number of aliphatic hydroxyl groups is 2. The first-order chi connectivity index (χ1) is 14.8. The van der Waals surface area contributed by atoms with E-state index in [1.54, 1.807) is 0 Å². The van der Waals surface area contributed by atoms with Crippen molar-refractivity contribution >= 4 is 34.4 Å². The third kappa shape index (κ3) is 4.30. The molecule has 3 heterocycles. The zero-order chi connectivity index (χ0) is 22.1. The molecule has 12 heteroatoms. The fourth-order valence-corrected chi connectivity index (χ4v) is 3.58. The number of anilines is 1. The third-order valence-corrected chi connectivity index (χ3v) is 5.28. The van der Waals surface area contributed by atoms with Crippen LogP contribution in [0.15, 0.2) is 24.5 Å². The molecule has 31 heavy (non-hydrogen) atoms. The fourth-order valence-electron chi connectivity index (χ4n) is 3.39. The number of halogens is 2. The van der Waals surface area contributed by atoms with Gasteiger partial charge in [-0.25, -0.2) is 14.4 Å². The molecule has 0 radical (unpaired) electrons. The highest BCUT2D eigenvalue weighted by atomic mass is 35.5. The monoisotopic (exact) mass is 450 g/mol. The second-order valence-corrected chi connectivity index (χ2v) is 7.70. The zero-order valence-corrected chi connectivity index (χ0v) is 17.2. The smallest absolute Gasteiger partial charge is 0.272 e. The van der Waals surface area contributed by atoms with Gasteiger partial charge in [-0.2, -0.15) is 5.10 Å². The Morgan fingerprint density at radius 1 is 1.39 bits per heavy atom. The van der Waals surface area contributed by atoms with E-state index in [0.29, 0.717) is 10.4 Å². The molecule has 164 valence electrons. The normalized spacial score (nSPS) is 21.3. The first kappa shape index (κ1) is 21.4. The number of fused-ring (bicyclic) bond motifs is 1. The van der Waals surface area contributed by atoms with E-state index in [0.717, 1.165) is 0 Å². The number of carbonyl (C=O) groups excluding carboxylic acids is 1. The van der Waals surface area contributed by atoms with Gasteiger partial charge >= 0.3 is 0 Å². The predicted octanol–water partition coefficient (Wildman–Crippen LogP) is 0.950. The van der Waals surface area contributed by atoms with Gasteiger partial charge < -0.3 is 25.2 Å². The van der Waals surface area contributed by atoms with Crippen molar-refractivity contribution in [3.63, 3.8) is 0 Å². The molecule has 1 aliphatic heterocycles. The number of nitrogens with one attached hydrogen (secondary N) is 2. The van der Waals surface area contributed by atoms with Crippen LogP contribution < -0.4 is 5.32 Å². The molecular formula is C19H20ClFN6O4. The Kier molecular flexibility index (Phi) is 6.01. The molecule has 10 nitrogen and oxygen atoms in total. The molecule has 0 aliphatic carbocycles. The molecule has 2 aromatic heterocycles. The Bertz CT molecular complexity index is 1110. The molecule has 1 aromatic carbocycles. The zero-order valence-electron chi connectivity index (χ0n) is 16.4. The summed E-state index contributed by atoms with van der Waals surface area (Å²) < 4.78 is 19.4. The second-order valence-electron chi connectivity index (χ2n) is 7.26. The van der Waals surface area contributed by atoms with Crippen LogP contribution in [0.25, 0.3) is 11.0 Å². The summed E-state index contributed by atoms with van der Waals surface area (Å²) in [7, 11) is 1.52. The maximum atomic E-state index is 14.1. The molecular weight excluding hydrogens is 431 g/mol.